The van der Waals surface area contributed by atoms with Crippen LogP contribution >= 0.6 is 22.7 Å². The quantitative estimate of drug-likeness (QED) is 0.345. The Morgan fingerprint density at radius 2 is 1.92 bits per heavy atom. The summed E-state index contributed by atoms with van der Waals surface area (Å²) in [5.41, 5.74) is 2.17. The number of ether oxygens (including phenoxy) is 3. The number of carbonyl (C=O) groups excluding carboxylic acids is 2. The molecule has 0 spiro atoms. The van der Waals surface area contributed by atoms with Crippen LogP contribution in [0.25, 0.3) is 6.08 Å². The highest BCUT2D eigenvalue weighted by molar-refractivity contribution is 7.11. The van der Waals surface area contributed by atoms with Gasteiger partial charge in [-0.2, -0.15) is 0 Å². The third-order valence-electron chi connectivity index (χ3n) is 5.52. The number of hydrogen-bond donors (Lipinski definition) is 0. The SMILES string of the molecule is CCOC(=O)C1=C(C)N=c2s/c(=C\c3sccc3C)c(=O)n2C1c1ccc(OC(C)=O)c(OCC)c1. The molecule has 0 bridgehead atoms. The van der Waals surface area contributed by atoms with E-state index in [1.165, 1.54) is 22.8 Å². The maximum absolute atomic E-state index is 13.7. The number of fused-ring (bicyclic) bond motifs is 1. The van der Waals surface area contributed by atoms with Gasteiger partial charge in [0.15, 0.2) is 16.3 Å². The average Bonchev–Trinajstić information content (AvgIpc) is 3.36. The fourth-order valence-electron chi connectivity index (χ4n) is 3.96. The fraction of sp³-hybridized carbons (Fsp3) is 0.308. The second kappa shape index (κ2) is 10.6. The number of allylic oxidation sites excluding steroid dienone is 1. The molecule has 1 unspecified atom stereocenters. The van der Waals surface area contributed by atoms with E-state index < -0.39 is 18.0 Å². The van der Waals surface area contributed by atoms with Crippen molar-refractivity contribution in [1.82, 2.24) is 4.57 Å². The molecule has 0 saturated carbocycles. The van der Waals surface area contributed by atoms with Gasteiger partial charge in [0.2, 0.25) is 0 Å². The highest BCUT2D eigenvalue weighted by Crippen LogP contribution is 2.36. The Morgan fingerprint density at radius 1 is 1.14 bits per heavy atom. The van der Waals surface area contributed by atoms with E-state index in [1.807, 2.05) is 31.4 Å². The lowest BCUT2D eigenvalue weighted by Crippen LogP contribution is -2.40. The van der Waals surface area contributed by atoms with Crippen LogP contribution in [0.3, 0.4) is 0 Å². The van der Waals surface area contributed by atoms with Gasteiger partial charge in [0.1, 0.15) is 0 Å². The van der Waals surface area contributed by atoms with Crippen LogP contribution in [0.4, 0.5) is 0 Å². The maximum atomic E-state index is 13.7. The van der Waals surface area contributed by atoms with Gasteiger partial charge in [-0.1, -0.05) is 17.4 Å². The highest BCUT2D eigenvalue weighted by atomic mass is 32.1. The van der Waals surface area contributed by atoms with Crippen molar-refractivity contribution < 1.29 is 23.8 Å². The minimum absolute atomic E-state index is 0.181. The molecule has 2 aromatic heterocycles. The van der Waals surface area contributed by atoms with Gasteiger partial charge < -0.3 is 14.2 Å². The molecule has 188 valence electrons. The molecule has 0 fully saturated rings. The van der Waals surface area contributed by atoms with Crippen molar-refractivity contribution >= 4 is 40.7 Å². The first-order valence-electron chi connectivity index (χ1n) is 11.4. The maximum Gasteiger partial charge on any atom is 0.338 e. The van der Waals surface area contributed by atoms with Crippen molar-refractivity contribution in [2.24, 2.45) is 4.99 Å². The van der Waals surface area contributed by atoms with Crippen molar-refractivity contribution in [2.45, 2.75) is 40.7 Å². The molecule has 1 aromatic carbocycles. The van der Waals surface area contributed by atoms with E-state index >= 15 is 0 Å². The fourth-order valence-corrected chi connectivity index (χ4v) is 5.92. The van der Waals surface area contributed by atoms with Gasteiger partial charge in [-0.25, -0.2) is 9.79 Å². The van der Waals surface area contributed by atoms with Gasteiger partial charge in [0, 0.05) is 11.8 Å². The number of thiazole rings is 1. The lowest BCUT2D eigenvalue weighted by atomic mass is 9.95. The Morgan fingerprint density at radius 3 is 2.56 bits per heavy atom. The van der Waals surface area contributed by atoms with Crippen LogP contribution < -0.4 is 24.4 Å². The smallest absolute Gasteiger partial charge is 0.338 e. The Kier molecular flexibility index (Phi) is 7.56. The molecule has 1 aliphatic heterocycles. The summed E-state index contributed by atoms with van der Waals surface area (Å²) < 4.78 is 18.4. The molecule has 10 heteroatoms. The van der Waals surface area contributed by atoms with E-state index in [1.54, 1.807) is 43.4 Å². The number of thiophene rings is 1. The molecule has 36 heavy (non-hydrogen) atoms. The van der Waals surface area contributed by atoms with Gasteiger partial charge in [0.25, 0.3) is 5.56 Å². The van der Waals surface area contributed by atoms with Crippen molar-refractivity contribution in [3.8, 4) is 11.5 Å². The number of aryl methyl sites for hydroxylation is 1. The van der Waals surface area contributed by atoms with E-state index in [9.17, 15) is 14.4 Å². The van der Waals surface area contributed by atoms with Gasteiger partial charge in [-0.15, -0.1) is 11.3 Å². The molecule has 8 nitrogen and oxygen atoms in total. The summed E-state index contributed by atoms with van der Waals surface area (Å²) in [6.45, 7) is 9.08. The van der Waals surface area contributed by atoms with Gasteiger partial charge >= 0.3 is 11.9 Å². The van der Waals surface area contributed by atoms with Crippen LogP contribution in [-0.2, 0) is 14.3 Å². The molecule has 1 aliphatic rings. The van der Waals surface area contributed by atoms with Gasteiger partial charge in [-0.05, 0) is 68.5 Å². The van der Waals surface area contributed by atoms with Crippen LogP contribution in [0.15, 0.2) is 50.7 Å². The van der Waals surface area contributed by atoms with Gasteiger partial charge in [-0.3, -0.25) is 14.2 Å². The van der Waals surface area contributed by atoms with Crippen LogP contribution in [0.1, 0.15) is 49.7 Å². The number of nitrogens with zero attached hydrogens (tertiary/aromatic N) is 2. The third kappa shape index (κ3) is 4.91. The minimum atomic E-state index is -0.794. The molecule has 0 radical (unpaired) electrons. The average molecular weight is 527 g/mol. The molecule has 3 aromatic rings. The lowest BCUT2D eigenvalue weighted by molar-refractivity contribution is -0.139. The number of hydrogen-bond acceptors (Lipinski definition) is 9. The summed E-state index contributed by atoms with van der Waals surface area (Å²) in [4.78, 5) is 44.4. The van der Waals surface area contributed by atoms with Crippen molar-refractivity contribution in [3.05, 3.63) is 76.6 Å². The van der Waals surface area contributed by atoms with Gasteiger partial charge in [0.05, 0.1) is 35.1 Å². The van der Waals surface area contributed by atoms with E-state index in [-0.39, 0.29) is 23.5 Å². The van der Waals surface area contributed by atoms with Crippen molar-refractivity contribution in [1.29, 1.82) is 0 Å². The number of carbonyl (C=O) groups is 2. The summed E-state index contributed by atoms with van der Waals surface area (Å²) in [5, 5.41) is 1.98. The lowest BCUT2D eigenvalue weighted by Gasteiger charge is -2.25. The molecule has 1 atom stereocenters. The van der Waals surface area contributed by atoms with E-state index in [0.29, 0.717) is 33.0 Å². The monoisotopic (exact) mass is 526 g/mol. The summed E-state index contributed by atoms with van der Waals surface area (Å²) in [7, 11) is 0. The first-order valence-corrected chi connectivity index (χ1v) is 13.1. The predicted octanol–water partition coefficient (Wildman–Crippen LogP) is 3.49. The molecule has 0 N–H and O–H groups in total. The Labute approximate surface area is 215 Å². The topological polar surface area (TPSA) is 96.2 Å². The number of esters is 2. The summed E-state index contributed by atoms with van der Waals surface area (Å²) in [5.74, 6) is -0.441. The number of benzene rings is 1. The standard InChI is InChI=1S/C26H26N2O6S2/c1-6-32-19-12-17(8-9-18(19)34-16(5)29)23-22(25(31)33-7-2)15(4)27-26-28(23)24(30)21(36-26)13-20-14(3)10-11-35-20/h8-13,23H,6-7H2,1-5H3/b21-13-. The first-order chi connectivity index (χ1) is 17.2. The third-order valence-corrected chi connectivity index (χ3v) is 7.47. The van der Waals surface area contributed by atoms with Crippen LogP contribution in [0.2, 0.25) is 0 Å². The normalized spacial score (nSPS) is 15.4. The summed E-state index contributed by atoms with van der Waals surface area (Å²) >= 11 is 2.82. The molecule has 3 heterocycles. The number of aromatic nitrogens is 1. The van der Waals surface area contributed by atoms with Crippen LogP contribution in [0.5, 0.6) is 11.5 Å². The van der Waals surface area contributed by atoms with Crippen LogP contribution in [0, 0.1) is 6.92 Å². The molecule has 0 aliphatic carbocycles. The molecule has 0 saturated heterocycles. The second-order valence-electron chi connectivity index (χ2n) is 8.00. The Bertz CT molecular complexity index is 1540. The first kappa shape index (κ1) is 25.6. The van der Waals surface area contributed by atoms with Crippen molar-refractivity contribution in [2.75, 3.05) is 13.2 Å². The van der Waals surface area contributed by atoms with E-state index in [2.05, 4.69) is 4.99 Å². The van der Waals surface area contributed by atoms with E-state index in [4.69, 9.17) is 14.2 Å². The second-order valence-corrected chi connectivity index (χ2v) is 9.96. The molecule has 4 rings (SSSR count). The molecular weight excluding hydrogens is 500 g/mol. The zero-order valence-corrected chi connectivity index (χ0v) is 22.2. The Balaban J connectivity index is 1.96. The molecule has 0 amide bonds. The summed E-state index contributed by atoms with van der Waals surface area (Å²) in [6, 6.07) is 6.20. The Hall–Kier alpha value is -3.50. The zero-order valence-electron chi connectivity index (χ0n) is 20.6. The predicted molar refractivity (Wildman–Crippen MR) is 138 cm³/mol. The van der Waals surface area contributed by atoms with Crippen molar-refractivity contribution in [3.63, 3.8) is 0 Å². The zero-order chi connectivity index (χ0) is 26.0. The molecular formula is C26H26N2O6S2. The highest BCUT2D eigenvalue weighted by Gasteiger charge is 2.34. The number of rotatable bonds is 7. The van der Waals surface area contributed by atoms with E-state index in [0.717, 1.165) is 10.4 Å². The minimum Gasteiger partial charge on any atom is -0.490 e. The van der Waals surface area contributed by atoms with Crippen LogP contribution in [-0.4, -0.2) is 29.7 Å². The summed E-state index contributed by atoms with van der Waals surface area (Å²) in [6.07, 6.45) is 1.86. The largest absolute Gasteiger partial charge is 0.490 e.